The molecule has 4 aromatic rings. The Morgan fingerprint density at radius 2 is 1.92 bits per heavy atom. The van der Waals surface area contributed by atoms with Crippen LogP contribution < -0.4 is 4.90 Å². The zero-order chi connectivity index (χ0) is 18.1. The fourth-order valence-electron chi connectivity index (χ4n) is 2.56. The Morgan fingerprint density at radius 1 is 1.08 bits per heavy atom. The van der Waals surface area contributed by atoms with Gasteiger partial charge in [0, 0.05) is 5.56 Å². The summed E-state index contributed by atoms with van der Waals surface area (Å²) in [5.41, 5.74) is 0.782. The van der Waals surface area contributed by atoms with Crippen LogP contribution in [0.5, 0.6) is 0 Å². The minimum absolute atomic E-state index is 0.130. The molecule has 2 aromatic carbocycles. The van der Waals surface area contributed by atoms with Crippen molar-refractivity contribution >= 4 is 32.6 Å². The van der Waals surface area contributed by atoms with E-state index in [2.05, 4.69) is 4.98 Å². The second-order valence-corrected chi connectivity index (χ2v) is 6.60. The molecule has 7 heteroatoms. The number of fused-ring (bicyclic) bond motifs is 1. The van der Waals surface area contributed by atoms with Crippen LogP contribution >= 0.6 is 11.3 Å². The third kappa shape index (κ3) is 3.21. The average Bonchev–Trinajstić information content (AvgIpc) is 3.28. The van der Waals surface area contributed by atoms with Crippen molar-refractivity contribution in [3.8, 4) is 0 Å². The highest BCUT2D eigenvalue weighted by atomic mass is 32.1. The maximum Gasteiger partial charge on any atom is 0.260 e. The topological polar surface area (TPSA) is 46.3 Å². The monoisotopic (exact) mass is 370 g/mol. The van der Waals surface area contributed by atoms with E-state index in [0.717, 1.165) is 0 Å². The molecule has 0 spiro atoms. The van der Waals surface area contributed by atoms with Crippen LogP contribution in [-0.2, 0) is 6.54 Å². The van der Waals surface area contributed by atoms with Crippen LogP contribution in [-0.4, -0.2) is 10.9 Å². The zero-order valence-corrected chi connectivity index (χ0v) is 14.2. The Morgan fingerprint density at radius 3 is 2.69 bits per heavy atom. The van der Waals surface area contributed by atoms with Gasteiger partial charge in [0.1, 0.15) is 17.4 Å². The Hall–Kier alpha value is -3.06. The van der Waals surface area contributed by atoms with Gasteiger partial charge in [0.2, 0.25) is 0 Å². The number of amides is 1. The lowest BCUT2D eigenvalue weighted by Gasteiger charge is -2.18. The molecule has 0 aliphatic heterocycles. The Labute approximate surface area is 151 Å². The number of furan rings is 1. The molecule has 0 aliphatic rings. The van der Waals surface area contributed by atoms with Crippen LogP contribution in [0.1, 0.15) is 16.1 Å². The molecule has 0 saturated carbocycles. The molecule has 0 saturated heterocycles. The van der Waals surface area contributed by atoms with Crippen molar-refractivity contribution in [3.05, 3.63) is 83.8 Å². The summed E-state index contributed by atoms with van der Waals surface area (Å²) in [7, 11) is 0. The molecule has 0 unspecified atom stereocenters. The predicted molar refractivity (Wildman–Crippen MR) is 95.2 cm³/mol. The van der Waals surface area contributed by atoms with Gasteiger partial charge in [0.05, 0.1) is 23.0 Å². The molecule has 0 fully saturated rings. The number of thiazole rings is 1. The molecule has 4 rings (SSSR count). The number of carbonyl (C=O) groups is 1. The zero-order valence-electron chi connectivity index (χ0n) is 13.4. The molecular weight excluding hydrogens is 358 g/mol. The number of hydrogen-bond acceptors (Lipinski definition) is 4. The van der Waals surface area contributed by atoms with Gasteiger partial charge < -0.3 is 4.42 Å². The van der Waals surface area contributed by atoms with Crippen molar-refractivity contribution < 1.29 is 18.0 Å². The standard InChI is InChI=1S/C19H12F2N2O2S/c20-13-4-1-3-12(9-13)18(24)23(11-15-5-2-8-25-15)19-22-16-7-6-14(21)10-17(16)26-19/h1-10H,11H2. The molecule has 1 amide bonds. The molecule has 0 atom stereocenters. The van der Waals surface area contributed by atoms with Crippen molar-refractivity contribution in [1.29, 1.82) is 0 Å². The number of nitrogens with zero attached hydrogens (tertiary/aromatic N) is 2. The fraction of sp³-hybridized carbons (Fsp3) is 0.0526. The van der Waals surface area contributed by atoms with Gasteiger partial charge in [-0.25, -0.2) is 13.8 Å². The lowest BCUT2D eigenvalue weighted by atomic mass is 10.2. The maximum absolute atomic E-state index is 13.5. The van der Waals surface area contributed by atoms with E-state index in [9.17, 15) is 13.6 Å². The summed E-state index contributed by atoms with van der Waals surface area (Å²) in [6.45, 7) is 0.130. The number of anilines is 1. The summed E-state index contributed by atoms with van der Waals surface area (Å²) in [4.78, 5) is 18.8. The Bertz CT molecular complexity index is 1080. The molecule has 2 heterocycles. The van der Waals surface area contributed by atoms with E-state index in [1.807, 2.05) is 0 Å². The highest BCUT2D eigenvalue weighted by Crippen LogP contribution is 2.31. The lowest BCUT2D eigenvalue weighted by molar-refractivity contribution is 0.0983. The first-order valence-electron chi connectivity index (χ1n) is 7.76. The van der Waals surface area contributed by atoms with Crippen molar-refractivity contribution in [2.75, 3.05) is 4.90 Å². The Balaban J connectivity index is 1.77. The maximum atomic E-state index is 13.5. The van der Waals surface area contributed by atoms with Crippen LogP contribution in [0.3, 0.4) is 0 Å². The average molecular weight is 370 g/mol. The fourth-order valence-corrected chi connectivity index (χ4v) is 3.55. The number of benzene rings is 2. The summed E-state index contributed by atoms with van der Waals surface area (Å²) >= 11 is 1.19. The van der Waals surface area contributed by atoms with Crippen molar-refractivity contribution in [3.63, 3.8) is 0 Å². The van der Waals surface area contributed by atoms with Crippen LogP contribution in [0, 0.1) is 11.6 Å². The van der Waals surface area contributed by atoms with Crippen LogP contribution in [0.25, 0.3) is 10.2 Å². The van der Waals surface area contributed by atoms with E-state index < -0.39 is 11.7 Å². The molecular formula is C19H12F2N2O2S. The van der Waals surface area contributed by atoms with E-state index in [1.54, 1.807) is 18.2 Å². The van der Waals surface area contributed by atoms with Crippen molar-refractivity contribution in [2.45, 2.75) is 6.54 Å². The van der Waals surface area contributed by atoms with E-state index in [-0.39, 0.29) is 17.9 Å². The number of rotatable bonds is 4. The van der Waals surface area contributed by atoms with Gasteiger partial charge in [0.15, 0.2) is 5.13 Å². The highest BCUT2D eigenvalue weighted by Gasteiger charge is 2.23. The molecule has 0 aliphatic carbocycles. The summed E-state index contributed by atoms with van der Waals surface area (Å²) < 4.78 is 33.0. The second kappa shape index (κ2) is 6.68. The summed E-state index contributed by atoms with van der Waals surface area (Å²) in [5.74, 6) is -0.734. The van der Waals surface area contributed by atoms with E-state index in [1.165, 1.54) is 58.9 Å². The largest absolute Gasteiger partial charge is 0.467 e. The normalized spacial score (nSPS) is 11.0. The minimum atomic E-state index is -0.500. The van der Waals surface area contributed by atoms with Crippen molar-refractivity contribution in [2.24, 2.45) is 0 Å². The van der Waals surface area contributed by atoms with Crippen LogP contribution in [0.2, 0.25) is 0 Å². The summed E-state index contributed by atoms with van der Waals surface area (Å²) in [6, 6.07) is 13.1. The third-order valence-electron chi connectivity index (χ3n) is 3.78. The summed E-state index contributed by atoms with van der Waals surface area (Å²) in [5, 5.41) is 0.385. The molecule has 0 bridgehead atoms. The van der Waals surface area contributed by atoms with Gasteiger partial charge in [-0.2, -0.15) is 0 Å². The van der Waals surface area contributed by atoms with E-state index in [4.69, 9.17) is 4.42 Å². The van der Waals surface area contributed by atoms with Gasteiger partial charge in [-0.05, 0) is 48.5 Å². The predicted octanol–water partition coefficient (Wildman–Crippen LogP) is 5.01. The van der Waals surface area contributed by atoms with Crippen LogP contribution in [0.4, 0.5) is 13.9 Å². The third-order valence-corrected chi connectivity index (χ3v) is 4.82. The van der Waals surface area contributed by atoms with Gasteiger partial charge in [-0.1, -0.05) is 17.4 Å². The molecule has 130 valence electrons. The van der Waals surface area contributed by atoms with Gasteiger partial charge in [-0.15, -0.1) is 0 Å². The highest BCUT2D eigenvalue weighted by molar-refractivity contribution is 7.22. The first kappa shape index (κ1) is 16.4. The van der Waals surface area contributed by atoms with E-state index in [0.29, 0.717) is 21.1 Å². The van der Waals surface area contributed by atoms with Gasteiger partial charge >= 0.3 is 0 Å². The SMILES string of the molecule is O=C(c1cccc(F)c1)N(Cc1ccco1)c1nc2ccc(F)cc2s1. The van der Waals surface area contributed by atoms with Gasteiger partial charge in [0.25, 0.3) is 5.91 Å². The Kier molecular flexibility index (Phi) is 4.22. The number of aromatic nitrogens is 1. The minimum Gasteiger partial charge on any atom is -0.467 e. The molecule has 26 heavy (non-hydrogen) atoms. The van der Waals surface area contributed by atoms with Crippen LogP contribution in [0.15, 0.2) is 65.3 Å². The molecule has 2 aromatic heterocycles. The first-order chi connectivity index (χ1) is 12.6. The quantitative estimate of drug-likeness (QED) is 0.507. The smallest absolute Gasteiger partial charge is 0.260 e. The number of hydrogen-bond donors (Lipinski definition) is 0. The number of halogens is 2. The van der Waals surface area contributed by atoms with E-state index >= 15 is 0 Å². The molecule has 0 radical (unpaired) electrons. The van der Waals surface area contributed by atoms with Gasteiger partial charge in [-0.3, -0.25) is 9.69 Å². The first-order valence-corrected chi connectivity index (χ1v) is 8.58. The second-order valence-electron chi connectivity index (χ2n) is 5.59. The molecule has 0 N–H and O–H groups in total. The summed E-state index contributed by atoms with van der Waals surface area (Å²) in [6.07, 6.45) is 1.51. The molecule has 4 nitrogen and oxygen atoms in total. The lowest BCUT2D eigenvalue weighted by Crippen LogP contribution is -2.30. The van der Waals surface area contributed by atoms with Crippen molar-refractivity contribution in [1.82, 2.24) is 4.98 Å². The number of carbonyl (C=O) groups excluding carboxylic acids is 1.